The first-order chi connectivity index (χ1) is 8.40. The second-order valence-electron chi connectivity index (χ2n) is 4.57. The highest BCUT2D eigenvalue weighted by molar-refractivity contribution is 7.89. The minimum atomic E-state index is -3.63. The number of sulfonamides is 1. The van der Waals surface area contributed by atoms with Crippen molar-refractivity contribution in [3.8, 4) is 0 Å². The summed E-state index contributed by atoms with van der Waals surface area (Å²) in [6.07, 6.45) is 2.78. The Bertz CT molecular complexity index is 506. The average molecular weight is 274 g/mol. The molecule has 7 nitrogen and oxygen atoms in total. The summed E-state index contributed by atoms with van der Waals surface area (Å²) in [6.45, 7) is 2.49. The Labute approximate surface area is 106 Å². The van der Waals surface area contributed by atoms with E-state index in [1.54, 1.807) is 7.05 Å². The SMILES string of the molecule is CC1CC(NS(=O)(=O)c2c(N)ncn2C)CCO1. The van der Waals surface area contributed by atoms with Crippen molar-refractivity contribution in [3.05, 3.63) is 6.33 Å². The predicted molar refractivity (Wildman–Crippen MR) is 66.4 cm³/mol. The topological polar surface area (TPSA) is 99.2 Å². The van der Waals surface area contributed by atoms with Crippen molar-refractivity contribution in [2.75, 3.05) is 12.3 Å². The Morgan fingerprint density at radius 2 is 2.33 bits per heavy atom. The molecule has 1 aliphatic rings. The molecule has 102 valence electrons. The van der Waals surface area contributed by atoms with Crippen LogP contribution in [0.2, 0.25) is 0 Å². The molecule has 0 aliphatic carbocycles. The molecule has 0 saturated carbocycles. The molecule has 0 radical (unpaired) electrons. The number of nitrogens with one attached hydrogen (secondary N) is 1. The average Bonchev–Trinajstić information content (AvgIpc) is 2.58. The molecule has 2 unspecified atom stereocenters. The minimum absolute atomic E-state index is 0.0154. The normalized spacial score (nSPS) is 25.2. The van der Waals surface area contributed by atoms with Crippen molar-refractivity contribution in [1.29, 1.82) is 0 Å². The zero-order valence-corrected chi connectivity index (χ0v) is 11.3. The highest BCUT2D eigenvalue weighted by Crippen LogP contribution is 2.19. The van der Waals surface area contributed by atoms with E-state index in [0.717, 1.165) is 0 Å². The molecule has 8 heteroatoms. The molecular weight excluding hydrogens is 256 g/mol. The van der Waals surface area contributed by atoms with Crippen LogP contribution in [0.15, 0.2) is 11.4 Å². The molecule has 0 spiro atoms. The van der Waals surface area contributed by atoms with Crippen LogP contribution in [0.5, 0.6) is 0 Å². The van der Waals surface area contributed by atoms with E-state index in [1.165, 1.54) is 10.9 Å². The van der Waals surface area contributed by atoms with Crippen LogP contribution in [0, 0.1) is 0 Å². The van der Waals surface area contributed by atoms with Gasteiger partial charge in [0.2, 0.25) is 0 Å². The molecule has 1 saturated heterocycles. The van der Waals surface area contributed by atoms with Gasteiger partial charge in [0.1, 0.15) is 0 Å². The number of hydrogen-bond acceptors (Lipinski definition) is 5. The monoisotopic (exact) mass is 274 g/mol. The molecule has 0 aromatic carbocycles. The smallest absolute Gasteiger partial charge is 0.260 e. The van der Waals surface area contributed by atoms with Crippen LogP contribution in [0.25, 0.3) is 0 Å². The van der Waals surface area contributed by atoms with Gasteiger partial charge in [0.25, 0.3) is 10.0 Å². The van der Waals surface area contributed by atoms with E-state index in [4.69, 9.17) is 10.5 Å². The number of anilines is 1. The molecule has 0 bridgehead atoms. The van der Waals surface area contributed by atoms with Crippen molar-refractivity contribution in [2.45, 2.75) is 36.9 Å². The molecule has 1 aliphatic heterocycles. The molecule has 18 heavy (non-hydrogen) atoms. The Kier molecular flexibility index (Phi) is 3.60. The van der Waals surface area contributed by atoms with Crippen molar-refractivity contribution < 1.29 is 13.2 Å². The van der Waals surface area contributed by atoms with Gasteiger partial charge in [0.05, 0.1) is 12.4 Å². The third-order valence-electron chi connectivity index (χ3n) is 2.97. The second-order valence-corrected chi connectivity index (χ2v) is 6.20. The van der Waals surface area contributed by atoms with Crippen molar-refractivity contribution in [2.24, 2.45) is 7.05 Å². The van der Waals surface area contributed by atoms with E-state index in [9.17, 15) is 8.42 Å². The number of nitrogens with zero attached hydrogens (tertiary/aromatic N) is 2. The van der Waals surface area contributed by atoms with Crippen molar-refractivity contribution in [1.82, 2.24) is 14.3 Å². The zero-order chi connectivity index (χ0) is 13.3. The number of ether oxygens (including phenoxy) is 1. The van der Waals surface area contributed by atoms with E-state index in [-0.39, 0.29) is 23.0 Å². The lowest BCUT2D eigenvalue weighted by molar-refractivity contribution is 0.0173. The van der Waals surface area contributed by atoms with Crippen LogP contribution in [-0.2, 0) is 21.8 Å². The lowest BCUT2D eigenvalue weighted by atomic mass is 10.1. The second kappa shape index (κ2) is 4.87. The first-order valence-electron chi connectivity index (χ1n) is 5.81. The van der Waals surface area contributed by atoms with Crippen LogP contribution in [0.3, 0.4) is 0 Å². The molecule has 2 atom stereocenters. The summed E-state index contributed by atoms with van der Waals surface area (Å²) in [5, 5.41) is 0.0154. The number of imidazole rings is 1. The fourth-order valence-electron chi connectivity index (χ4n) is 2.14. The van der Waals surface area contributed by atoms with Crippen molar-refractivity contribution in [3.63, 3.8) is 0 Å². The van der Waals surface area contributed by atoms with Crippen LogP contribution in [0.4, 0.5) is 5.82 Å². The van der Waals surface area contributed by atoms with Gasteiger partial charge in [-0.15, -0.1) is 0 Å². The van der Waals surface area contributed by atoms with E-state index in [2.05, 4.69) is 9.71 Å². The van der Waals surface area contributed by atoms with Gasteiger partial charge in [0.15, 0.2) is 10.8 Å². The maximum absolute atomic E-state index is 12.2. The molecule has 2 rings (SSSR count). The molecule has 1 fully saturated rings. The van der Waals surface area contributed by atoms with Crippen LogP contribution in [-0.4, -0.2) is 36.7 Å². The molecular formula is C10H18N4O3S. The maximum atomic E-state index is 12.2. The number of rotatable bonds is 3. The molecule has 1 aromatic heterocycles. The van der Waals surface area contributed by atoms with Gasteiger partial charge in [-0.2, -0.15) is 0 Å². The first-order valence-corrected chi connectivity index (χ1v) is 7.29. The number of nitrogen functional groups attached to an aromatic ring is 1. The van der Waals surface area contributed by atoms with E-state index >= 15 is 0 Å². The lowest BCUT2D eigenvalue weighted by Crippen LogP contribution is -2.41. The highest BCUT2D eigenvalue weighted by Gasteiger charge is 2.28. The number of nitrogens with two attached hydrogens (primary N) is 1. The number of aromatic nitrogens is 2. The van der Waals surface area contributed by atoms with Gasteiger partial charge in [-0.05, 0) is 19.8 Å². The summed E-state index contributed by atoms with van der Waals surface area (Å²) in [4.78, 5) is 3.79. The third kappa shape index (κ3) is 2.65. The van der Waals surface area contributed by atoms with E-state index in [0.29, 0.717) is 19.4 Å². The Hall–Kier alpha value is -1.12. The van der Waals surface area contributed by atoms with Crippen LogP contribution >= 0.6 is 0 Å². The maximum Gasteiger partial charge on any atom is 0.260 e. The quantitative estimate of drug-likeness (QED) is 0.798. The largest absolute Gasteiger partial charge is 0.381 e. The van der Waals surface area contributed by atoms with Gasteiger partial charge in [-0.1, -0.05) is 0 Å². The molecule has 0 amide bonds. The third-order valence-corrected chi connectivity index (χ3v) is 4.62. The van der Waals surface area contributed by atoms with Crippen LogP contribution in [0.1, 0.15) is 19.8 Å². The van der Waals surface area contributed by atoms with Crippen LogP contribution < -0.4 is 10.5 Å². The van der Waals surface area contributed by atoms with Crippen molar-refractivity contribution >= 4 is 15.8 Å². The summed E-state index contributed by atoms with van der Waals surface area (Å²) in [5.41, 5.74) is 5.58. The fraction of sp³-hybridized carbons (Fsp3) is 0.700. The number of hydrogen-bond donors (Lipinski definition) is 2. The Balaban J connectivity index is 2.17. The summed E-state index contributed by atoms with van der Waals surface area (Å²) < 4.78 is 33.9. The van der Waals surface area contributed by atoms with Gasteiger partial charge in [-0.25, -0.2) is 18.1 Å². The van der Waals surface area contributed by atoms with Gasteiger partial charge < -0.3 is 15.0 Å². The zero-order valence-electron chi connectivity index (χ0n) is 10.5. The number of aryl methyl sites for hydroxylation is 1. The Morgan fingerprint density at radius 3 is 2.89 bits per heavy atom. The summed E-state index contributed by atoms with van der Waals surface area (Å²) in [6, 6.07) is -0.118. The summed E-state index contributed by atoms with van der Waals surface area (Å²) >= 11 is 0. The summed E-state index contributed by atoms with van der Waals surface area (Å²) in [7, 11) is -2.03. The molecule has 1 aromatic rings. The predicted octanol–water partition coefficient (Wildman–Crippen LogP) is -0.152. The van der Waals surface area contributed by atoms with Gasteiger partial charge >= 0.3 is 0 Å². The molecule has 3 N–H and O–H groups in total. The lowest BCUT2D eigenvalue weighted by Gasteiger charge is -2.27. The summed E-state index contributed by atoms with van der Waals surface area (Å²) in [5.74, 6) is 0.0186. The minimum Gasteiger partial charge on any atom is -0.381 e. The van der Waals surface area contributed by atoms with Gasteiger partial charge in [-0.3, -0.25) is 0 Å². The van der Waals surface area contributed by atoms with Gasteiger partial charge in [0, 0.05) is 19.7 Å². The van der Waals surface area contributed by atoms with E-state index < -0.39 is 10.0 Å². The first kappa shape index (κ1) is 13.3. The highest BCUT2D eigenvalue weighted by atomic mass is 32.2. The van der Waals surface area contributed by atoms with E-state index in [1.807, 2.05) is 6.92 Å². The standard InChI is InChI=1S/C10H18N4O3S/c1-7-5-8(3-4-17-7)13-18(15,16)10-9(11)12-6-14(10)2/h6-8,13H,3-5,11H2,1-2H3. The fourth-order valence-corrected chi connectivity index (χ4v) is 3.66. The Morgan fingerprint density at radius 1 is 1.61 bits per heavy atom. The molecule has 2 heterocycles.